The molecule has 0 unspecified atom stereocenters. The molecule has 2 aromatic carbocycles. The van der Waals surface area contributed by atoms with E-state index in [-0.39, 0.29) is 5.75 Å². The van der Waals surface area contributed by atoms with Gasteiger partial charge in [0.25, 0.3) is 0 Å². The number of hydrogen-bond donors (Lipinski definition) is 1. The fourth-order valence-electron chi connectivity index (χ4n) is 1.82. The summed E-state index contributed by atoms with van der Waals surface area (Å²) in [5, 5.41) is 2.38. The predicted octanol–water partition coefficient (Wildman–Crippen LogP) is 2.52. The van der Waals surface area contributed by atoms with Crippen molar-refractivity contribution in [3.63, 3.8) is 0 Å². The summed E-state index contributed by atoms with van der Waals surface area (Å²) in [5.74, 6) is -2.70. The molecule has 1 N–H and O–H groups in total. The first-order valence-corrected chi connectivity index (χ1v) is 8.16. The van der Waals surface area contributed by atoms with Gasteiger partial charge in [-0.3, -0.25) is 4.79 Å². The summed E-state index contributed by atoms with van der Waals surface area (Å²) in [6.07, 6.45) is 0. The molecule has 7 heteroatoms. The van der Waals surface area contributed by atoms with Gasteiger partial charge in [0.1, 0.15) is 17.4 Å². The summed E-state index contributed by atoms with van der Waals surface area (Å²) >= 11 is 0. The van der Waals surface area contributed by atoms with Crippen LogP contribution < -0.4 is 5.32 Å². The quantitative estimate of drug-likeness (QED) is 0.919. The Balaban J connectivity index is 1.97. The Hall–Kier alpha value is -2.28. The molecule has 0 aliphatic carbocycles. The molecule has 22 heavy (non-hydrogen) atoms. The largest absolute Gasteiger partial charge is 0.325 e. The van der Waals surface area contributed by atoms with Gasteiger partial charge in [0.15, 0.2) is 9.84 Å². The number of amides is 1. The van der Waals surface area contributed by atoms with Gasteiger partial charge in [-0.25, -0.2) is 17.2 Å². The second-order valence-electron chi connectivity index (χ2n) is 4.71. The lowest BCUT2D eigenvalue weighted by molar-refractivity contribution is -0.113. The minimum absolute atomic E-state index is 0.309. The van der Waals surface area contributed by atoms with Crippen LogP contribution in [0.3, 0.4) is 0 Å². The van der Waals surface area contributed by atoms with E-state index >= 15 is 0 Å². The van der Waals surface area contributed by atoms with Crippen LogP contribution in [0, 0.1) is 11.6 Å². The molecule has 2 aromatic rings. The van der Waals surface area contributed by atoms with Crippen LogP contribution >= 0.6 is 0 Å². The summed E-state index contributed by atoms with van der Waals surface area (Å²) in [7, 11) is -3.68. The molecule has 1 amide bonds. The summed E-state index contributed by atoms with van der Waals surface area (Å²) in [6, 6.07) is 9.99. The zero-order valence-corrected chi connectivity index (χ0v) is 12.2. The fourth-order valence-corrected chi connectivity index (χ4v) is 3.09. The maximum Gasteiger partial charge on any atom is 0.239 e. The number of benzene rings is 2. The molecule has 4 nitrogen and oxygen atoms in total. The topological polar surface area (TPSA) is 63.2 Å². The third-order valence-electron chi connectivity index (χ3n) is 2.78. The molecule has 0 bridgehead atoms. The van der Waals surface area contributed by atoms with Crippen LogP contribution in [0.4, 0.5) is 14.5 Å². The van der Waals surface area contributed by atoms with Gasteiger partial charge in [-0.2, -0.15) is 0 Å². The third-order valence-corrected chi connectivity index (χ3v) is 4.25. The fraction of sp³-hybridized carbons (Fsp3) is 0.133. The second-order valence-corrected chi connectivity index (χ2v) is 6.78. The lowest BCUT2D eigenvalue weighted by Gasteiger charge is -2.06. The van der Waals surface area contributed by atoms with Gasteiger partial charge < -0.3 is 5.32 Å². The van der Waals surface area contributed by atoms with Gasteiger partial charge in [0.2, 0.25) is 5.91 Å². The van der Waals surface area contributed by atoms with Crippen molar-refractivity contribution < 1.29 is 22.0 Å². The van der Waals surface area contributed by atoms with E-state index in [0.717, 1.165) is 24.3 Å². The lowest BCUT2D eigenvalue weighted by atomic mass is 10.2. The van der Waals surface area contributed by atoms with Crippen LogP contribution in [0.1, 0.15) is 5.56 Å². The zero-order valence-electron chi connectivity index (χ0n) is 11.4. The first kappa shape index (κ1) is 16.1. The van der Waals surface area contributed by atoms with Crippen molar-refractivity contribution in [2.75, 3.05) is 11.1 Å². The average molecular weight is 325 g/mol. The number of halogens is 2. The van der Waals surface area contributed by atoms with Gasteiger partial charge in [-0.1, -0.05) is 12.1 Å². The smallest absolute Gasteiger partial charge is 0.239 e. The zero-order chi connectivity index (χ0) is 16.2. The Morgan fingerprint density at radius 2 is 1.41 bits per heavy atom. The maximum absolute atomic E-state index is 12.8. The van der Waals surface area contributed by atoms with E-state index in [1.54, 1.807) is 0 Å². The highest BCUT2D eigenvalue weighted by Gasteiger charge is 2.17. The number of anilines is 1. The number of carbonyl (C=O) groups excluding carboxylic acids is 1. The first-order valence-electron chi connectivity index (χ1n) is 6.34. The van der Waals surface area contributed by atoms with Gasteiger partial charge in [0, 0.05) is 5.69 Å². The van der Waals surface area contributed by atoms with Crippen molar-refractivity contribution in [3.05, 3.63) is 65.7 Å². The Kier molecular flexibility index (Phi) is 4.87. The summed E-state index contributed by atoms with van der Waals surface area (Å²) < 4.78 is 49.3. The predicted molar refractivity (Wildman–Crippen MR) is 78.9 cm³/mol. The van der Waals surface area contributed by atoms with E-state index in [1.165, 1.54) is 24.3 Å². The average Bonchev–Trinajstić information content (AvgIpc) is 2.43. The van der Waals surface area contributed by atoms with Crippen molar-refractivity contribution in [2.24, 2.45) is 0 Å². The van der Waals surface area contributed by atoms with Crippen molar-refractivity contribution in [1.82, 2.24) is 0 Å². The molecule has 0 radical (unpaired) electrons. The van der Waals surface area contributed by atoms with Gasteiger partial charge >= 0.3 is 0 Å². The van der Waals surface area contributed by atoms with Gasteiger partial charge in [-0.05, 0) is 42.0 Å². The van der Waals surface area contributed by atoms with E-state index in [9.17, 15) is 22.0 Å². The van der Waals surface area contributed by atoms with Crippen LogP contribution in [-0.2, 0) is 20.4 Å². The molecule has 0 heterocycles. The standard InChI is InChI=1S/C15H13F2NO3S/c16-12-3-1-11(2-4-12)9-22(20,21)10-15(19)18-14-7-5-13(17)6-8-14/h1-8H,9-10H2,(H,18,19). The maximum atomic E-state index is 12.8. The summed E-state index contributed by atoms with van der Waals surface area (Å²) in [6.45, 7) is 0. The molecule has 0 aliphatic heterocycles. The number of hydrogen-bond acceptors (Lipinski definition) is 3. The highest BCUT2D eigenvalue weighted by molar-refractivity contribution is 7.91. The Morgan fingerprint density at radius 1 is 0.909 bits per heavy atom. The summed E-state index contributed by atoms with van der Waals surface area (Å²) in [4.78, 5) is 11.7. The third kappa shape index (κ3) is 4.92. The molecular formula is C15H13F2NO3S. The molecule has 0 spiro atoms. The van der Waals surface area contributed by atoms with Crippen LogP contribution in [0.15, 0.2) is 48.5 Å². The SMILES string of the molecule is O=C(CS(=O)(=O)Cc1ccc(F)cc1)Nc1ccc(F)cc1. The highest BCUT2D eigenvalue weighted by Crippen LogP contribution is 2.11. The Morgan fingerprint density at radius 3 is 1.95 bits per heavy atom. The van der Waals surface area contributed by atoms with Crippen LogP contribution in [0.25, 0.3) is 0 Å². The molecule has 0 saturated carbocycles. The minimum Gasteiger partial charge on any atom is -0.325 e. The second kappa shape index (κ2) is 6.65. The Labute approximate surface area is 126 Å². The minimum atomic E-state index is -3.68. The van der Waals surface area contributed by atoms with E-state index in [2.05, 4.69) is 5.32 Å². The van der Waals surface area contributed by atoms with Crippen LogP contribution in [0.5, 0.6) is 0 Å². The van der Waals surface area contributed by atoms with E-state index in [1.807, 2.05) is 0 Å². The van der Waals surface area contributed by atoms with Gasteiger partial charge in [-0.15, -0.1) is 0 Å². The van der Waals surface area contributed by atoms with Crippen molar-refractivity contribution in [1.29, 1.82) is 0 Å². The number of rotatable bonds is 5. The molecule has 0 aliphatic rings. The Bertz CT molecular complexity index is 756. The number of carbonyl (C=O) groups is 1. The molecule has 0 saturated heterocycles. The van der Waals surface area contributed by atoms with Crippen LogP contribution in [0.2, 0.25) is 0 Å². The summed E-state index contributed by atoms with van der Waals surface area (Å²) in [5.41, 5.74) is 0.708. The molecule has 0 atom stereocenters. The van der Waals surface area contributed by atoms with Gasteiger partial charge in [0.05, 0.1) is 5.75 Å². The van der Waals surface area contributed by atoms with Crippen LogP contribution in [-0.4, -0.2) is 20.1 Å². The van der Waals surface area contributed by atoms with E-state index in [4.69, 9.17) is 0 Å². The highest BCUT2D eigenvalue weighted by atomic mass is 32.2. The molecule has 0 fully saturated rings. The number of sulfone groups is 1. The molecule has 116 valence electrons. The molecule has 0 aromatic heterocycles. The molecule has 2 rings (SSSR count). The number of nitrogens with one attached hydrogen (secondary N) is 1. The first-order chi connectivity index (χ1) is 10.3. The van der Waals surface area contributed by atoms with E-state index in [0.29, 0.717) is 11.3 Å². The van der Waals surface area contributed by atoms with E-state index < -0.39 is 33.1 Å². The van der Waals surface area contributed by atoms with Crippen molar-refractivity contribution >= 4 is 21.4 Å². The normalized spacial score (nSPS) is 11.2. The monoisotopic (exact) mass is 325 g/mol. The lowest BCUT2D eigenvalue weighted by Crippen LogP contribution is -2.23. The molecular weight excluding hydrogens is 312 g/mol. The van der Waals surface area contributed by atoms with Crippen molar-refractivity contribution in [2.45, 2.75) is 5.75 Å². The van der Waals surface area contributed by atoms with Crippen molar-refractivity contribution in [3.8, 4) is 0 Å².